The van der Waals surface area contributed by atoms with Gasteiger partial charge in [0, 0.05) is 20.0 Å². The van der Waals surface area contributed by atoms with E-state index in [2.05, 4.69) is 37.7 Å². The molecule has 0 heterocycles. The molecule has 0 saturated carbocycles. The number of hydrogen-bond donors (Lipinski definition) is 1. The van der Waals surface area contributed by atoms with Gasteiger partial charge in [-0.05, 0) is 0 Å². The molecule has 1 N–H and O–H groups in total. The maximum Gasteiger partial charge on any atom is 0.146 e. The van der Waals surface area contributed by atoms with Crippen molar-refractivity contribution in [3.05, 3.63) is 12.7 Å². The predicted octanol–water partition coefficient (Wildman–Crippen LogP) is 2.18. The molecule has 0 amide bonds. The fourth-order valence-electron chi connectivity index (χ4n) is 1.17. The molecule has 0 fully saturated rings. The minimum atomic E-state index is -1.33. The monoisotopic (exact) mass is 256 g/mol. The molecule has 0 saturated heterocycles. The van der Waals surface area contributed by atoms with Crippen molar-refractivity contribution in [1.82, 2.24) is 0 Å². The number of aliphatic hydroxyl groups excluding tert-OH is 1. The molecule has 0 rings (SSSR count). The summed E-state index contributed by atoms with van der Waals surface area (Å²) in [5, 5.41) is 9.51. The van der Waals surface area contributed by atoms with Crippen molar-refractivity contribution in [2.45, 2.75) is 44.7 Å². The second-order valence-electron chi connectivity index (χ2n) is 4.99. The van der Waals surface area contributed by atoms with Crippen LogP contribution in [0.25, 0.3) is 0 Å². The number of aliphatic hydroxyl groups is 1. The van der Waals surface area contributed by atoms with E-state index in [1.54, 1.807) is 7.11 Å². The van der Waals surface area contributed by atoms with Gasteiger partial charge in [0.25, 0.3) is 0 Å². The third-order valence-corrected chi connectivity index (χ3v) is 2.92. The van der Waals surface area contributed by atoms with Crippen LogP contribution in [-0.4, -0.2) is 39.3 Å². The zero-order chi connectivity index (χ0) is 13.3. The van der Waals surface area contributed by atoms with E-state index in [9.17, 15) is 5.11 Å². The van der Waals surface area contributed by atoms with Crippen LogP contribution in [0.2, 0.25) is 19.6 Å². The van der Waals surface area contributed by atoms with Gasteiger partial charge in [0.15, 0.2) is 0 Å². The highest BCUT2D eigenvalue weighted by Gasteiger charge is 2.13. The van der Waals surface area contributed by atoms with Crippen LogP contribution in [0.3, 0.4) is 0 Å². The molecule has 0 aliphatic carbocycles. The Hall–Kier alpha value is -0.603. The molecule has 98 valence electrons. The number of hydrogen-bond acceptors (Lipinski definition) is 3. The molecule has 4 heteroatoms. The number of rotatable bonds is 7. The van der Waals surface area contributed by atoms with Crippen LogP contribution in [0.15, 0.2) is 12.7 Å². The first-order valence-electron chi connectivity index (χ1n) is 5.80. The molecule has 0 aliphatic heterocycles. The van der Waals surface area contributed by atoms with Gasteiger partial charge in [-0.25, -0.2) is 0 Å². The lowest BCUT2D eigenvalue weighted by Gasteiger charge is -2.17. The van der Waals surface area contributed by atoms with E-state index < -0.39 is 14.2 Å². The fourth-order valence-corrected chi connectivity index (χ4v) is 1.80. The second-order valence-corrected chi connectivity index (χ2v) is 9.74. The summed E-state index contributed by atoms with van der Waals surface area (Å²) in [7, 11) is 0.244. The maximum absolute atomic E-state index is 9.51. The Morgan fingerprint density at radius 3 is 2.53 bits per heavy atom. The normalized spacial score (nSPS) is 14.6. The van der Waals surface area contributed by atoms with E-state index in [0.29, 0.717) is 12.8 Å². The van der Waals surface area contributed by atoms with Gasteiger partial charge in [0.1, 0.15) is 14.9 Å². The van der Waals surface area contributed by atoms with Crippen molar-refractivity contribution < 1.29 is 14.6 Å². The van der Waals surface area contributed by atoms with E-state index >= 15 is 0 Å². The first kappa shape index (κ1) is 16.4. The van der Waals surface area contributed by atoms with E-state index in [0.717, 1.165) is 0 Å². The van der Waals surface area contributed by atoms with Gasteiger partial charge in [-0.15, -0.1) is 18.0 Å². The molecule has 0 unspecified atom stereocenters. The van der Waals surface area contributed by atoms with Gasteiger partial charge in [-0.2, -0.15) is 0 Å². The number of methoxy groups -OCH3 is 1. The molecule has 0 aromatic carbocycles. The topological polar surface area (TPSA) is 38.7 Å². The molecule has 17 heavy (non-hydrogen) atoms. The molecule has 0 aromatic heterocycles. The molecule has 2 atom stereocenters. The summed E-state index contributed by atoms with van der Waals surface area (Å²) < 4.78 is 10.3. The molecule has 0 radical (unpaired) electrons. The predicted molar refractivity (Wildman–Crippen MR) is 73.3 cm³/mol. The first-order valence-corrected chi connectivity index (χ1v) is 9.30. The third kappa shape index (κ3) is 10.3. The molecular formula is C13H24O3Si. The van der Waals surface area contributed by atoms with Gasteiger partial charge in [-0.1, -0.05) is 25.7 Å². The molecular weight excluding hydrogens is 232 g/mol. The lowest BCUT2D eigenvalue weighted by molar-refractivity contribution is -0.0792. The highest BCUT2D eigenvalue weighted by Crippen LogP contribution is 2.08. The lowest BCUT2D eigenvalue weighted by Crippen LogP contribution is -2.21. The van der Waals surface area contributed by atoms with Gasteiger partial charge in [-0.3, -0.25) is 0 Å². The van der Waals surface area contributed by atoms with Crippen LogP contribution >= 0.6 is 0 Å². The minimum Gasteiger partial charge on any atom is -0.389 e. The zero-order valence-corrected chi connectivity index (χ0v) is 12.3. The molecule has 0 bridgehead atoms. The smallest absolute Gasteiger partial charge is 0.146 e. The zero-order valence-electron chi connectivity index (χ0n) is 11.3. The Morgan fingerprint density at radius 2 is 2.06 bits per heavy atom. The Bertz CT molecular complexity index is 273. The summed E-state index contributed by atoms with van der Waals surface area (Å²) in [5.74, 6) is 3.15. The number of ether oxygens (including phenoxy) is 2. The summed E-state index contributed by atoms with van der Waals surface area (Å²) in [5.41, 5.74) is 3.28. The van der Waals surface area contributed by atoms with Crippen molar-refractivity contribution in [3.8, 4) is 11.5 Å². The largest absolute Gasteiger partial charge is 0.389 e. The van der Waals surface area contributed by atoms with Gasteiger partial charge >= 0.3 is 0 Å². The van der Waals surface area contributed by atoms with Gasteiger partial charge in [0.2, 0.25) is 0 Å². The standard InChI is InChI=1S/C13H24O3Si/c1-6-12(14)10-13(16-11-15-2)8-7-9-17(3,4)5/h6,12-14H,1,8,10-11H2,2-5H3/t12-,13-/m1/s1. The van der Waals surface area contributed by atoms with Crippen molar-refractivity contribution in [2.24, 2.45) is 0 Å². The third-order valence-electron chi connectivity index (χ3n) is 1.99. The highest BCUT2D eigenvalue weighted by molar-refractivity contribution is 6.83. The summed E-state index contributed by atoms with van der Waals surface area (Å²) in [4.78, 5) is 0. The second kappa shape index (κ2) is 8.48. The quantitative estimate of drug-likeness (QED) is 0.328. The van der Waals surface area contributed by atoms with Crippen LogP contribution < -0.4 is 0 Å². The van der Waals surface area contributed by atoms with Gasteiger partial charge in [0.05, 0.1) is 12.2 Å². The van der Waals surface area contributed by atoms with Crippen molar-refractivity contribution in [3.63, 3.8) is 0 Å². The summed E-state index contributed by atoms with van der Waals surface area (Å²) in [6.07, 6.45) is 1.98. The van der Waals surface area contributed by atoms with Crippen LogP contribution in [0.4, 0.5) is 0 Å². The van der Waals surface area contributed by atoms with Gasteiger partial charge < -0.3 is 14.6 Å². The average molecular weight is 256 g/mol. The van der Waals surface area contributed by atoms with E-state index in [1.807, 2.05) is 0 Å². The molecule has 3 nitrogen and oxygen atoms in total. The Morgan fingerprint density at radius 1 is 1.41 bits per heavy atom. The van der Waals surface area contributed by atoms with E-state index in [4.69, 9.17) is 9.47 Å². The Labute approximate surface area is 106 Å². The maximum atomic E-state index is 9.51. The molecule has 0 aliphatic rings. The Balaban J connectivity index is 4.26. The highest BCUT2D eigenvalue weighted by atomic mass is 28.3. The Kier molecular flexibility index (Phi) is 8.18. The van der Waals surface area contributed by atoms with Crippen LogP contribution in [0.1, 0.15) is 12.8 Å². The van der Waals surface area contributed by atoms with Crippen molar-refractivity contribution in [1.29, 1.82) is 0 Å². The van der Waals surface area contributed by atoms with E-state index in [-0.39, 0.29) is 12.9 Å². The minimum absolute atomic E-state index is 0.105. The van der Waals surface area contributed by atoms with Crippen LogP contribution in [0.5, 0.6) is 0 Å². The van der Waals surface area contributed by atoms with E-state index in [1.165, 1.54) is 6.08 Å². The van der Waals surface area contributed by atoms with Crippen LogP contribution in [0, 0.1) is 11.5 Å². The summed E-state index contributed by atoms with van der Waals surface area (Å²) in [6.45, 7) is 10.4. The first-order chi connectivity index (χ1) is 7.89. The molecule has 0 spiro atoms. The molecule has 0 aromatic rings. The van der Waals surface area contributed by atoms with Crippen molar-refractivity contribution >= 4 is 8.07 Å². The average Bonchev–Trinajstić information content (AvgIpc) is 2.23. The van der Waals surface area contributed by atoms with Crippen molar-refractivity contribution in [2.75, 3.05) is 13.9 Å². The summed E-state index contributed by atoms with van der Waals surface area (Å²) in [6, 6.07) is 0. The lowest BCUT2D eigenvalue weighted by atomic mass is 10.1. The van der Waals surface area contributed by atoms with Crippen LogP contribution in [-0.2, 0) is 9.47 Å². The fraction of sp³-hybridized carbons (Fsp3) is 0.692. The SMILES string of the molecule is C=C[C@@H](O)C[C@@H](CC#C[Si](C)(C)C)OCOC. The summed E-state index contributed by atoms with van der Waals surface area (Å²) >= 11 is 0.